The van der Waals surface area contributed by atoms with Crippen LogP contribution < -0.4 is 16.8 Å². The summed E-state index contributed by atoms with van der Waals surface area (Å²) in [5, 5.41) is 34.4. The number of rotatable bonds is 14. The predicted octanol–water partition coefficient (Wildman–Crippen LogP) is 1.90. The highest BCUT2D eigenvalue weighted by atomic mass is 16.3. The Labute approximate surface area is 241 Å². The molecular formula is C33H42N3O5+. The molecule has 0 unspecified atom stereocenters. The van der Waals surface area contributed by atoms with E-state index in [1.165, 1.54) is 6.08 Å². The van der Waals surface area contributed by atoms with Crippen molar-refractivity contribution >= 4 is 11.8 Å². The third kappa shape index (κ3) is 9.56. The normalized spacial score (nSPS) is 15.1. The lowest BCUT2D eigenvalue weighted by Crippen LogP contribution is -2.67. The molecule has 218 valence electrons. The van der Waals surface area contributed by atoms with E-state index in [2.05, 4.69) is 11.1 Å². The molecule has 2 amide bonds. The molecule has 0 aromatic heterocycles. The Bertz CT molecular complexity index is 1290. The summed E-state index contributed by atoms with van der Waals surface area (Å²) in [6.45, 7) is 3.83. The monoisotopic (exact) mass is 560 g/mol. The fourth-order valence-corrected chi connectivity index (χ4v) is 4.96. The zero-order valence-electron chi connectivity index (χ0n) is 23.7. The first-order valence-electron chi connectivity index (χ1n) is 13.9. The Kier molecular flexibility index (Phi) is 11.6. The second kappa shape index (κ2) is 15.1. The van der Waals surface area contributed by atoms with Crippen molar-refractivity contribution in [3.05, 3.63) is 113 Å². The first-order valence-corrected chi connectivity index (χ1v) is 13.9. The lowest BCUT2D eigenvalue weighted by molar-refractivity contribution is -0.436. The maximum atomic E-state index is 13.4. The van der Waals surface area contributed by atoms with Crippen LogP contribution in [0.4, 0.5) is 0 Å². The summed E-state index contributed by atoms with van der Waals surface area (Å²) >= 11 is 0. The number of aryl methyl sites for hydroxylation is 2. The number of quaternary nitrogens is 1. The number of hydrogen-bond donors (Lipinski definition) is 6. The summed E-state index contributed by atoms with van der Waals surface area (Å²) in [7, 11) is 0. The minimum atomic E-state index is -1.17. The van der Waals surface area contributed by atoms with Gasteiger partial charge in [-0.1, -0.05) is 72.8 Å². The smallest absolute Gasteiger partial charge is 0.240 e. The van der Waals surface area contributed by atoms with Crippen LogP contribution in [0.1, 0.15) is 34.2 Å². The van der Waals surface area contributed by atoms with Gasteiger partial charge in [0.25, 0.3) is 0 Å². The van der Waals surface area contributed by atoms with Crippen LogP contribution in [0.15, 0.2) is 84.9 Å². The molecule has 0 saturated heterocycles. The number of carbonyl (C=O) groups excluding carboxylic acids is 2. The van der Waals surface area contributed by atoms with E-state index in [4.69, 9.17) is 5.73 Å². The minimum Gasteiger partial charge on any atom is -0.508 e. The van der Waals surface area contributed by atoms with E-state index < -0.39 is 36.0 Å². The third-order valence-electron chi connectivity index (χ3n) is 7.39. The topological polar surface area (TPSA) is 161 Å². The van der Waals surface area contributed by atoms with Crippen molar-refractivity contribution < 1.29 is 30.6 Å². The van der Waals surface area contributed by atoms with Gasteiger partial charge in [-0.2, -0.15) is 0 Å². The molecule has 9 N–H and O–H groups in total. The average Bonchev–Trinajstić information content (AvgIpc) is 2.94. The summed E-state index contributed by atoms with van der Waals surface area (Å²) in [5.41, 5.74) is 14.3. The minimum absolute atomic E-state index is 0.207. The molecule has 0 aliphatic carbocycles. The molecule has 3 aromatic rings. The van der Waals surface area contributed by atoms with E-state index in [1.54, 1.807) is 18.2 Å². The molecule has 0 bridgehead atoms. The van der Waals surface area contributed by atoms with Crippen LogP contribution in [0.2, 0.25) is 0 Å². The van der Waals surface area contributed by atoms with Gasteiger partial charge in [0.05, 0.1) is 12.0 Å². The Balaban J connectivity index is 1.69. The highest BCUT2D eigenvalue weighted by Crippen LogP contribution is 2.22. The van der Waals surface area contributed by atoms with Crippen LogP contribution >= 0.6 is 0 Å². The highest BCUT2D eigenvalue weighted by Gasteiger charge is 2.29. The van der Waals surface area contributed by atoms with Crippen LogP contribution in [0.5, 0.6) is 5.75 Å². The molecule has 8 heteroatoms. The van der Waals surface area contributed by atoms with Crippen molar-refractivity contribution in [1.82, 2.24) is 5.32 Å². The molecule has 0 spiro atoms. The van der Waals surface area contributed by atoms with Crippen LogP contribution in [0.3, 0.4) is 0 Å². The standard InChI is InChI=1S/C33H41N3O5/c1-21-16-25(37)17-22(2)26(21)20-28(34)31(39)15-9-14-30(38)27(18-23-10-5-3-6-11-23)33(41)36-29(32(35)40)19-24-12-7-4-8-13-24/h3-14,16-17,27-31,37-39H,15,18-20,34H2,1-2H3,(H2,35,40)(H,36,41)/p+1/b14-9+/t27-,28+,29+,30+,31+/m1/s1. The highest BCUT2D eigenvalue weighted by molar-refractivity contribution is 5.88. The lowest BCUT2D eigenvalue weighted by atomic mass is 9.91. The average molecular weight is 561 g/mol. The van der Waals surface area contributed by atoms with Gasteiger partial charge < -0.3 is 32.1 Å². The van der Waals surface area contributed by atoms with Crippen LogP contribution in [-0.4, -0.2) is 51.4 Å². The quantitative estimate of drug-likeness (QED) is 0.166. The van der Waals surface area contributed by atoms with Gasteiger partial charge in [0.2, 0.25) is 11.8 Å². The zero-order valence-corrected chi connectivity index (χ0v) is 23.7. The van der Waals surface area contributed by atoms with Crippen molar-refractivity contribution in [2.24, 2.45) is 11.7 Å². The molecule has 0 aliphatic rings. The number of amides is 2. The number of nitrogens with two attached hydrogens (primary N) is 1. The maximum absolute atomic E-state index is 13.4. The summed E-state index contributed by atoms with van der Waals surface area (Å²) in [6, 6.07) is 20.7. The summed E-state index contributed by atoms with van der Waals surface area (Å²) in [6.07, 6.45) is 2.47. The number of nitrogens with one attached hydrogen (secondary N) is 1. The number of aliphatic hydroxyl groups excluding tert-OH is 2. The van der Waals surface area contributed by atoms with Crippen LogP contribution in [0.25, 0.3) is 0 Å². The predicted molar refractivity (Wildman–Crippen MR) is 159 cm³/mol. The Morgan fingerprint density at radius 3 is 1.98 bits per heavy atom. The number of carbonyl (C=O) groups is 2. The number of primary amides is 1. The van der Waals surface area contributed by atoms with Gasteiger partial charge in [0.15, 0.2) is 0 Å². The number of hydrogen-bond acceptors (Lipinski definition) is 5. The van der Waals surface area contributed by atoms with Gasteiger partial charge in [-0.15, -0.1) is 0 Å². The van der Waals surface area contributed by atoms with Gasteiger partial charge in [-0.3, -0.25) is 9.59 Å². The van der Waals surface area contributed by atoms with Gasteiger partial charge in [0, 0.05) is 12.8 Å². The molecule has 0 fully saturated rings. The van der Waals surface area contributed by atoms with Crippen molar-refractivity contribution in [3.63, 3.8) is 0 Å². The molecule has 0 aliphatic heterocycles. The first kappa shape index (κ1) is 31.5. The Morgan fingerprint density at radius 1 is 0.902 bits per heavy atom. The lowest BCUT2D eigenvalue weighted by Gasteiger charge is -2.24. The Morgan fingerprint density at radius 2 is 1.44 bits per heavy atom. The molecule has 0 heterocycles. The summed E-state index contributed by atoms with van der Waals surface area (Å²) in [4.78, 5) is 25.6. The fraction of sp³-hybridized carbons (Fsp3) is 0.333. The largest absolute Gasteiger partial charge is 0.508 e. The first-order chi connectivity index (χ1) is 19.5. The van der Waals surface area contributed by atoms with Gasteiger partial charge in [-0.05, 0) is 66.6 Å². The van der Waals surface area contributed by atoms with Crippen LogP contribution in [0, 0.1) is 19.8 Å². The van der Waals surface area contributed by atoms with Crippen molar-refractivity contribution in [1.29, 1.82) is 0 Å². The number of aliphatic hydroxyl groups is 2. The van der Waals surface area contributed by atoms with Gasteiger partial charge in [0.1, 0.15) is 23.9 Å². The second-order valence-electron chi connectivity index (χ2n) is 10.7. The molecule has 3 aromatic carbocycles. The molecule has 0 radical (unpaired) electrons. The molecule has 5 atom stereocenters. The number of benzene rings is 3. The van der Waals surface area contributed by atoms with Crippen molar-refractivity contribution in [3.8, 4) is 5.75 Å². The molecule has 0 saturated carbocycles. The molecule has 3 rings (SSSR count). The molecule has 8 nitrogen and oxygen atoms in total. The summed E-state index contributed by atoms with van der Waals surface area (Å²) < 4.78 is 0. The Hall–Kier alpha value is -3.98. The van der Waals surface area contributed by atoms with E-state index in [1.807, 2.05) is 74.5 Å². The van der Waals surface area contributed by atoms with Crippen molar-refractivity contribution in [2.45, 2.75) is 63.8 Å². The molecular weight excluding hydrogens is 518 g/mol. The molecule has 41 heavy (non-hydrogen) atoms. The fourth-order valence-electron chi connectivity index (χ4n) is 4.96. The van der Waals surface area contributed by atoms with E-state index in [0.29, 0.717) is 6.42 Å². The van der Waals surface area contributed by atoms with Crippen molar-refractivity contribution in [2.75, 3.05) is 0 Å². The maximum Gasteiger partial charge on any atom is 0.240 e. The van der Waals surface area contributed by atoms with Gasteiger partial charge >= 0.3 is 0 Å². The number of phenols is 1. The van der Waals surface area contributed by atoms with E-state index in [0.717, 1.165) is 27.8 Å². The summed E-state index contributed by atoms with van der Waals surface area (Å²) in [5.74, 6) is -1.83. The number of phenolic OH excluding ortho intramolecular Hbond substituents is 1. The van der Waals surface area contributed by atoms with E-state index >= 15 is 0 Å². The van der Waals surface area contributed by atoms with Gasteiger partial charge in [-0.25, -0.2) is 0 Å². The number of aromatic hydroxyl groups is 1. The van der Waals surface area contributed by atoms with E-state index in [-0.39, 0.29) is 31.1 Å². The zero-order chi connectivity index (χ0) is 29.9. The SMILES string of the molecule is Cc1cc(O)cc(C)c1C[C@H]([NH3+])[C@@H](O)C/C=C/[C@H](O)[C@@H](Cc1ccccc1)C(=O)N[C@@H](Cc1ccccc1)C(N)=O. The van der Waals surface area contributed by atoms with E-state index in [9.17, 15) is 24.9 Å². The second-order valence-corrected chi connectivity index (χ2v) is 10.7. The van der Waals surface area contributed by atoms with Crippen LogP contribution in [-0.2, 0) is 28.9 Å². The third-order valence-corrected chi connectivity index (χ3v) is 7.39.